The van der Waals surface area contributed by atoms with Crippen molar-refractivity contribution >= 4 is 21.8 Å². The second-order valence-corrected chi connectivity index (χ2v) is 9.86. The summed E-state index contributed by atoms with van der Waals surface area (Å²) in [7, 11) is -3.91. The molecule has 3 rings (SSSR count). The molecular weight excluding hydrogens is 461 g/mol. The third-order valence-corrected chi connectivity index (χ3v) is 7.06. The van der Waals surface area contributed by atoms with E-state index < -0.39 is 34.3 Å². The number of nitrogens with zero attached hydrogens (tertiary/aromatic N) is 1. The number of ether oxygens (including phenoxy) is 1. The first-order chi connectivity index (χ1) is 16.3. The summed E-state index contributed by atoms with van der Waals surface area (Å²) in [6.45, 7) is 2.28. The summed E-state index contributed by atoms with van der Waals surface area (Å²) in [5, 5.41) is 2.85. The highest BCUT2D eigenvalue weighted by Crippen LogP contribution is 2.15. The molecule has 0 aromatic heterocycles. The maximum absolute atomic E-state index is 13.4. The van der Waals surface area contributed by atoms with Crippen LogP contribution >= 0.6 is 0 Å². The Bertz CT molecular complexity index is 1060. The van der Waals surface area contributed by atoms with E-state index in [-0.39, 0.29) is 23.5 Å². The van der Waals surface area contributed by atoms with Crippen LogP contribution in [0, 0.1) is 5.82 Å². The maximum Gasteiger partial charge on any atom is 0.242 e. The van der Waals surface area contributed by atoms with Gasteiger partial charge in [-0.2, -0.15) is 0 Å². The molecule has 1 fully saturated rings. The molecule has 2 amide bonds. The number of hydrogen-bond donors (Lipinski definition) is 2. The summed E-state index contributed by atoms with van der Waals surface area (Å²) in [6.07, 6.45) is 2.06. The predicted molar refractivity (Wildman–Crippen MR) is 125 cm³/mol. The van der Waals surface area contributed by atoms with Gasteiger partial charge in [0.1, 0.15) is 11.9 Å². The van der Waals surface area contributed by atoms with E-state index in [0.717, 1.165) is 12.8 Å². The van der Waals surface area contributed by atoms with E-state index in [2.05, 4.69) is 10.0 Å². The van der Waals surface area contributed by atoms with Gasteiger partial charge in [0.25, 0.3) is 0 Å². The number of halogens is 1. The zero-order chi connectivity index (χ0) is 24.6. The smallest absolute Gasteiger partial charge is 0.242 e. The standard InChI is InChI=1S/C24H30FN3O5S/c1-2-22(24(30)26-15-20-7-6-14-33-20)28(17-18-10-12-19(25)13-11-18)23(29)16-27-34(31,32)21-8-4-3-5-9-21/h3-5,8-13,20,22,27H,2,6-7,14-17H2,1H3,(H,26,30)/t20-,22+/m0/s1. The minimum absolute atomic E-state index is 0.0258. The van der Waals surface area contributed by atoms with Crippen LogP contribution in [-0.4, -0.2) is 57.0 Å². The van der Waals surface area contributed by atoms with Crippen molar-refractivity contribution in [3.8, 4) is 0 Å². The van der Waals surface area contributed by atoms with Gasteiger partial charge in [-0.05, 0) is 49.1 Å². The molecule has 1 heterocycles. The number of carbonyl (C=O) groups excluding carboxylic acids is 2. The molecule has 0 bridgehead atoms. The van der Waals surface area contributed by atoms with Gasteiger partial charge in [0.05, 0.1) is 17.5 Å². The Labute approximate surface area is 199 Å². The van der Waals surface area contributed by atoms with Crippen LogP contribution in [0.4, 0.5) is 4.39 Å². The Morgan fingerprint density at radius 2 is 1.85 bits per heavy atom. The minimum atomic E-state index is -3.91. The van der Waals surface area contributed by atoms with Gasteiger partial charge >= 0.3 is 0 Å². The number of rotatable bonds is 11. The van der Waals surface area contributed by atoms with Crippen LogP contribution in [0.15, 0.2) is 59.5 Å². The Morgan fingerprint density at radius 1 is 1.15 bits per heavy atom. The third kappa shape index (κ3) is 7.09. The van der Waals surface area contributed by atoms with Crippen molar-refractivity contribution in [3.05, 3.63) is 66.0 Å². The second-order valence-electron chi connectivity index (χ2n) is 8.09. The number of nitrogens with one attached hydrogen (secondary N) is 2. The van der Waals surface area contributed by atoms with Gasteiger partial charge in [-0.25, -0.2) is 17.5 Å². The monoisotopic (exact) mass is 491 g/mol. The Balaban J connectivity index is 1.74. The van der Waals surface area contributed by atoms with Gasteiger partial charge in [-0.1, -0.05) is 37.3 Å². The van der Waals surface area contributed by atoms with Crippen LogP contribution in [0.2, 0.25) is 0 Å². The van der Waals surface area contributed by atoms with Crippen molar-refractivity contribution in [2.45, 2.75) is 49.8 Å². The number of hydrogen-bond acceptors (Lipinski definition) is 5. The van der Waals surface area contributed by atoms with Gasteiger partial charge < -0.3 is 15.0 Å². The molecule has 0 unspecified atom stereocenters. The van der Waals surface area contributed by atoms with Gasteiger partial charge in [0.15, 0.2) is 0 Å². The molecule has 34 heavy (non-hydrogen) atoms. The molecule has 2 atom stereocenters. The minimum Gasteiger partial charge on any atom is -0.376 e. The van der Waals surface area contributed by atoms with Crippen molar-refractivity contribution in [3.63, 3.8) is 0 Å². The fraction of sp³-hybridized carbons (Fsp3) is 0.417. The van der Waals surface area contributed by atoms with E-state index in [9.17, 15) is 22.4 Å². The van der Waals surface area contributed by atoms with Gasteiger partial charge in [0.2, 0.25) is 21.8 Å². The predicted octanol–water partition coefficient (Wildman–Crippen LogP) is 2.21. The SMILES string of the molecule is CC[C@H](C(=O)NC[C@@H]1CCCO1)N(Cc1ccc(F)cc1)C(=O)CNS(=O)(=O)c1ccccc1. The van der Waals surface area contributed by atoms with E-state index in [1.807, 2.05) is 0 Å². The quantitative estimate of drug-likeness (QED) is 0.502. The lowest BCUT2D eigenvalue weighted by atomic mass is 10.1. The summed E-state index contributed by atoms with van der Waals surface area (Å²) >= 11 is 0. The molecule has 8 nitrogen and oxygen atoms in total. The molecule has 2 aromatic rings. The molecule has 1 saturated heterocycles. The molecule has 1 aliphatic heterocycles. The molecule has 0 radical (unpaired) electrons. The van der Waals surface area contributed by atoms with E-state index >= 15 is 0 Å². The number of amides is 2. The Kier molecular flexibility index (Phi) is 9.14. The van der Waals surface area contributed by atoms with Crippen molar-refractivity contribution in [1.29, 1.82) is 0 Å². The van der Waals surface area contributed by atoms with Crippen LogP contribution in [-0.2, 0) is 30.9 Å². The van der Waals surface area contributed by atoms with Crippen molar-refractivity contribution in [1.82, 2.24) is 14.9 Å². The van der Waals surface area contributed by atoms with Crippen molar-refractivity contribution in [2.75, 3.05) is 19.7 Å². The first kappa shape index (κ1) is 25.8. The topological polar surface area (TPSA) is 105 Å². The highest BCUT2D eigenvalue weighted by atomic mass is 32.2. The van der Waals surface area contributed by atoms with Gasteiger partial charge in [-0.3, -0.25) is 9.59 Å². The molecule has 184 valence electrons. The molecule has 1 aliphatic rings. The summed E-state index contributed by atoms with van der Waals surface area (Å²) < 4.78 is 46.3. The summed E-state index contributed by atoms with van der Waals surface area (Å²) in [5.41, 5.74) is 0.617. The average Bonchev–Trinajstić information content (AvgIpc) is 3.37. The fourth-order valence-electron chi connectivity index (χ4n) is 3.78. The highest BCUT2D eigenvalue weighted by molar-refractivity contribution is 7.89. The largest absolute Gasteiger partial charge is 0.376 e. The van der Waals surface area contributed by atoms with E-state index in [1.165, 1.54) is 41.3 Å². The molecule has 0 saturated carbocycles. The van der Waals surface area contributed by atoms with Crippen LogP contribution < -0.4 is 10.0 Å². The first-order valence-electron chi connectivity index (χ1n) is 11.3. The number of benzene rings is 2. The third-order valence-electron chi connectivity index (χ3n) is 5.65. The Morgan fingerprint density at radius 3 is 2.47 bits per heavy atom. The van der Waals surface area contributed by atoms with Crippen LogP contribution in [0.3, 0.4) is 0 Å². The van der Waals surface area contributed by atoms with E-state index in [4.69, 9.17) is 4.74 Å². The van der Waals surface area contributed by atoms with Crippen LogP contribution in [0.1, 0.15) is 31.7 Å². The normalized spacial score (nSPS) is 16.7. The summed E-state index contributed by atoms with van der Waals surface area (Å²) in [6, 6.07) is 12.5. The van der Waals surface area contributed by atoms with E-state index in [0.29, 0.717) is 25.1 Å². The summed E-state index contributed by atoms with van der Waals surface area (Å²) in [5.74, 6) is -1.33. The molecule has 0 aliphatic carbocycles. The molecule has 0 spiro atoms. The summed E-state index contributed by atoms with van der Waals surface area (Å²) in [4.78, 5) is 27.5. The van der Waals surface area contributed by atoms with Crippen LogP contribution in [0.25, 0.3) is 0 Å². The first-order valence-corrected chi connectivity index (χ1v) is 12.8. The van der Waals surface area contributed by atoms with E-state index in [1.54, 1.807) is 25.1 Å². The zero-order valence-electron chi connectivity index (χ0n) is 19.1. The number of carbonyl (C=O) groups is 2. The van der Waals surface area contributed by atoms with Crippen molar-refractivity contribution < 1.29 is 27.1 Å². The maximum atomic E-state index is 13.4. The van der Waals surface area contributed by atoms with Crippen molar-refractivity contribution in [2.24, 2.45) is 0 Å². The van der Waals surface area contributed by atoms with Crippen LogP contribution in [0.5, 0.6) is 0 Å². The molecule has 10 heteroatoms. The molecule has 2 aromatic carbocycles. The molecular formula is C24H30FN3O5S. The average molecular weight is 492 g/mol. The Hall–Kier alpha value is -2.82. The zero-order valence-corrected chi connectivity index (χ0v) is 19.9. The number of sulfonamides is 1. The fourth-order valence-corrected chi connectivity index (χ4v) is 4.78. The lowest BCUT2D eigenvalue weighted by Crippen LogP contribution is -2.52. The lowest BCUT2D eigenvalue weighted by Gasteiger charge is -2.31. The van der Waals surface area contributed by atoms with Gasteiger partial charge in [-0.15, -0.1) is 0 Å². The second kappa shape index (κ2) is 12.0. The lowest BCUT2D eigenvalue weighted by molar-refractivity contribution is -0.140. The highest BCUT2D eigenvalue weighted by Gasteiger charge is 2.30. The molecule has 2 N–H and O–H groups in total. The van der Waals surface area contributed by atoms with Gasteiger partial charge in [0, 0.05) is 19.7 Å².